The lowest BCUT2D eigenvalue weighted by Gasteiger charge is -2.13. The Hall–Kier alpha value is -3.11. The first-order chi connectivity index (χ1) is 14.6. The standard InChI is InChI=1S/C26H23BrO3/c1-3-6-21-7-4-5-8-26(21)30-18-22-17-19(10-16-25(22)29-2)9-15-24(28)20-11-13-23(27)14-12-20/h3-5,7-17H,1,6,18H2,2H3/b15-9+. The van der Waals surface area contributed by atoms with Crippen molar-refractivity contribution in [3.63, 3.8) is 0 Å². The van der Waals surface area contributed by atoms with Crippen molar-refractivity contribution in [3.8, 4) is 11.5 Å². The normalized spacial score (nSPS) is 10.7. The minimum absolute atomic E-state index is 0.0468. The smallest absolute Gasteiger partial charge is 0.185 e. The molecule has 0 spiro atoms. The van der Waals surface area contributed by atoms with Crippen LogP contribution >= 0.6 is 15.9 Å². The van der Waals surface area contributed by atoms with E-state index >= 15 is 0 Å². The Kier molecular flexibility index (Phi) is 7.63. The van der Waals surface area contributed by atoms with Gasteiger partial charge in [0.25, 0.3) is 0 Å². The number of methoxy groups -OCH3 is 1. The molecule has 3 aromatic carbocycles. The Morgan fingerprint density at radius 2 is 1.77 bits per heavy atom. The van der Waals surface area contributed by atoms with Gasteiger partial charge in [-0.1, -0.05) is 52.3 Å². The molecule has 0 aliphatic heterocycles. The van der Waals surface area contributed by atoms with Crippen LogP contribution in [0, 0.1) is 0 Å². The number of hydrogen-bond donors (Lipinski definition) is 0. The third-order valence-corrected chi connectivity index (χ3v) is 5.11. The maximum Gasteiger partial charge on any atom is 0.185 e. The van der Waals surface area contributed by atoms with Gasteiger partial charge in [-0.3, -0.25) is 4.79 Å². The van der Waals surface area contributed by atoms with Crippen LogP contribution < -0.4 is 9.47 Å². The average molecular weight is 463 g/mol. The summed E-state index contributed by atoms with van der Waals surface area (Å²) < 4.78 is 12.5. The highest BCUT2D eigenvalue weighted by molar-refractivity contribution is 9.10. The lowest BCUT2D eigenvalue weighted by molar-refractivity contribution is 0.104. The van der Waals surface area contributed by atoms with Crippen molar-refractivity contribution < 1.29 is 14.3 Å². The zero-order valence-electron chi connectivity index (χ0n) is 16.8. The van der Waals surface area contributed by atoms with Gasteiger partial charge < -0.3 is 9.47 Å². The molecule has 0 saturated heterocycles. The van der Waals surface area contributed by atoms with Crippen LogP contribution in [0.25, 0.3) is 6.08 Å². The second-order valence-electron chi connectivity index (χ2n) is 6.66. The minimum Gasteiger partial charge on any atom is -0.496 e. The van der Waals surface area contributed by atoms with Gasteiger partial charge in [0.1, 0.15) is 18.1 Å². The third-order valence-electron chi connectivity index (χ3n) is 4.58. The van der Waals surface area contributed by atoms with E-state index in [1.165, 1.54) is 0 Å². The van der Waals surface area contributed by atoms with Crippen LogP contribution in [0.4, 0.5) is 0 Å². The molecular weight excluding hydrogens is 440 g/mol. The van der Waals surface area contributed by atoms with Crippen molar-refractivity contribution in [1.29, 1.82) is 0 Å². The van der Waals surface area contributed by atoms with Gasteiger partial charge in [-0.25, -0.2) is 0 Å². The van der Waals surface area contributed by atoms with E-state index in [-0.39, 0.29) is 5.78 Å². The van der Waals surface area contributed by atoms with Crippen molar-refractivity contribution in [3.05, 3.63) is 112 Å². The van der Waals surface area contributed by atoms with Crippen LogP contribution in [0.3, 0.4) is 0 Å². The first-order valence-electron chi connectivity index (χ1n) is 9.57. The number of ether oxygens (including phenoxy) is 2. The first-order valence-corrected chi connectivity index (χ1v) is 10.4. The molecule has 0 fully saturated rings. The molecule has 0 radical (unpaired) electrons. The molecule has 0 atom stereocenters. The maximum absolute atomic E-state index is 12.4. The first kappa shape index (κ1) is 21.6. The van der Waals surface area contributed by atoms with E-state index in [1.807, 2.05) is 60.7 Å². The highest BCUT2D eigenvalue weighted by Gasteiger charge is 2.08. The van der Waals surface area contributed by atoms with Gasteiger partial charge in [-0.15, -0.1) is 6.58 Å². The van der Waals surface area contributed by atoms with Crippen molar-refractivity contribution in [2.45, 2.75) is 13.0 Å². The number of ketones is 1. The fourth-order valence-corrected chi connectivity index (χ4v) is 3.29. The molecule has 0 aliphatic carbocycles. The lowest BCUT2D eigenvalue weighted by Crippen LogP contribution is -2.01. The third kappa shape index (κ3) is 5.71. The van der Waals surface area contributed by atoms with E-state index in [1.54, 1.807) is 31.4 Å². The second kappa shape index (κ2) is 10.6. The van der Waals surface area contributed by atoms with E-state index in [9.17, 15) is 4.79 Å². The van der Waals surface area contributed by atoms with Crippen molar-refractivity contribution in [2.75, 3.05) is 7.11 Å². The maximum atomic E-state index is 12.4. The van der Waals surface area contributed by atoms with Crippen molar-refractivity contribution in [2.24, 2.45) is 0 Å². The Labute approximate surface area is 185 Å². The summed E-state index contributed by atoms with van der Waals surface area (Å²) in [6.07, 6.45) is 5.99. The van der Waals surface area contributed by atoms with Gasteiger partial charge >= 0.3 is 0 Å². The van der Waals surface area contributed by atoms with Crippen molar-refractivity contribution in [1.82, 2.24) is 0 Å². The quantitative estimate of drug-likeness (QED) is 0.202. The highest BCUT2D eigenvalue weighted by Crippen LogP contribution is 2.25. The minimum atomic E-state index is -0.0468. The second-order valence-corrected chi connectivity index (χ2v) is 7.58. The van der Waals surface area contributed by atoms with Crippen LogP contribution in [0.15, 0.2) is 89.9 Å². The van der Waals surface area contributed by atoms with Gasteiger partial charge in [0, 0.05) is 15.6 Å². The summed E-state index contributed by atoms with van der Waals surface area (Å²) in [6.45, 7) is 4.16. The molecule has 0 heterocycles. The fourth-order valence-electron chi connectivity index (χ4n) is 3.02. The molecule has 0 saturated carbocycles. The fraction of sp³-hybridized carbons (Fsp3) is 0.115. The summed E-state index contributed by atoms with van der Waals surface area (Å²) in [5.41, 5.74) is 3.54. The predicted molar refractivity (Wildman–Crippen MR) is 125 cm³/mol. The van der Waals surface area contributed by atoms with E-state index in [4.69, 9.17) is 9.47 Å². The van der Waals surface area contributed by atoms with E-state index < -0.39 is 0 Å². The van der Waals surface area contributed by atoms with E-state index in [0.29, 0.717) is 12.2 Å². The van der Waals surface area contributed by atoms with E-state index in [0.717, 1.165) is 39.1 Å². The lowest BCUT2D eigenvalue weighted by atomic mass is 10.1. The number of halogens is 1. The number of carbonyl (C=O) groups is 1. The predicted octanol–water partition coefficient (Wildman–Crippen LogP) is 6.66. The number of rotatable bonds is 9. The summed E-state index contributed by atoms with van der Waals surface area (Å²) in [5.74, 6) is 1.52. The average Bonchev–Trinajstić information content (AvgIpc) is 2.77. The molecule has 0 amide bonds. The number of allylic oxidation sites excluding steroid dienone is 2. The molecule has 0 aromatic heterocycles. The number of carbonyl (C=O) groups excluding carboxylic acids is 1. The number of benzene rings is 3. The molecule has 0 bridgehead atoms. The number of para-hydroxylation sites is 1. The summed E-state index contributed by atoms with van der Waals surface area (Å²) in [6, 6.07) is 21.0. The molecular formula is C26H23BrO3. The SMILES string of the molecule is C=CCc1ccccc1OCc1cc(/C=C/C(=O)c2ccc(Br)cc2)ccc1OC. The summed E-state index contributed by atoms with van der Waals surface area (Å²) in [5, 5.41) is 0. The van der Waals surface area contributed by atoms with Crippen LogP contribution in [-0.4, -0.2) is 12.9 Å². The molecule has 4 heteroatoms. The van der Waals surface area contributed by atoms with Gasteiger partial charge in [-0.2, -0.15) is 0 Å². The van der Waals surface area contributed by atoms with Crippen LogP contribution in [0.5, 0.6) is 11.5 Å². The zero-order chi connectivity index (χ0) is 21.3. The van der Waals surface area contributed by atoms with E-state index in [2.05, 4.69) is 22.5 Å². The molecule has 0 aliphatic rings. The van der Waals surface area contributed by atoms with Gasteiger partial charge in [0.05, 0.1) is 7.11 Å². The largest absolute Gasteiger partial charge is 0.496 e. The Balaban J connectivity index is 1.76. The van der Waals surface area contributed by atoms with Gasteiger partial charge in [0.2, 0.25) is 0 Å². The summed E-state index contributed by atoms with van der Waals surface area (Å²) >= 11 is 3.38. The molecule has 3 aromatic rings. The van der Waals surface area contributed by atoms with Crippen LogP contribution in [-0.2, 0) is 13.0 Å². The molecule has 0 unspecified atom stereocenters. The Bertz CT molecular complexity index is 1050. The zero-order valence-corrected chi connectivity index (χ0v) is 18.4. The molecule has 152 valence electrons. The Morgan fingerprint density at radius 3 is 2.50 bits per heavy atom. The summed E-state index contributed by atoms with van der Waals surface area (Å²) in [4.78, 5) is 12.4. The van der Waals surface area contributed by atoms with Gasteiger partial charge in [0.15, 0.2) is 5.78 Å². The van der Waals surface area contributed by atoms with Gasteiger partial charge in [-0.05, 0) is 66.1 Å². The molecule has 3 rings (SSSR count). The monoisotopic (exact) mass is 462 g/mol. The molecule has 30 heavy (non-hydrogen) atoms. The summed E-state index contributed by atoms with van der Waals surface area (Å²) in [7, 11) is 1.64. The van der Waals surface area contributed by atoms with Crippen LogP contribution in [0.1, 0.15) is 27.0 Å². The topological polar surface area (TPSA) is 35.5 Å². The Morgan fingerprint density at radius 1 is 1.00 bits per heavy atom. The number of hydrogen-bond acceptors (Lipinski definition) is 3. The molecule has 3 nitrogen and oxygen atoms in total. The van der Waals surface area contributed by atoms with Crippen LogP contribution in [0.2, 0.25) is 0 Å². The van der Waals surface area contributed by atoms with Crippen molar-refractivity contribution >= 4 is 27.8 Å². The highest BCUT2D eigenvalue weighted by atomic mass is 79.9. The molecule has 0 N–H and O–H groups in total.